The van der Waals surface area contributed by atoms with Crippen LogP contribution in [0.2, 0.25) is 0 Å². The molecule has 0 atom stereocenters. The lowest BCUT2D eigenvalue weighted by Crippen LogP contribution is -2.34. The Balaban J connectivity index is 2.27. The molecule has 1 aromatic heterocycles. The van der Waals surface area contributed by atoms with Gasteiger partial charge in [-0.25, -0.2) is 4.98 Å². The van der Waals surface area contributed by atoms with Gasteiger partial charge in [0, 0.05) is 29.4 Å². The van der Waals surface area contributed by atoms with Gasteiger partial charge in [-0.1, -0.05) is 18.2 Å². The van der Waals surface area contributed by atoms with E-state index in [1.807, 2.05) is 13.0 Å². The highest BCUT2D eigenvalue weighted by Gasteiger charge is 2.22. The number of hydrogen-bond donors (Lipinski definition) is 1. The topological polar surface area (TPSA) is 42.8 Å². The van der Waals surface area contributed by atoms with Gasteiger partial charge < -0.3 is 5.73 Å². The second kappa shape index (κ2) is 5.55. The smallest absolute Gasteiger partial charge is 0.239 e. The first-order chi connectivity index (χ1) is 12.0. The monoisotopic (exact) mass is 328 g/mol. The summed E-state index contributed by atoms with van der Waals surface area (Å²) < 4.78 is 2.29. The Kier molecular flexibility index (Phi) is 3.46. The molecule has 3 aromatic carbocycles. The molecule has 3 nitrogen and oxygen atoms in total. The van der Waals surface area contributed by atoms with Gasteiger partial charge in [0.15, 0.2) is 0 Å². The van der Waals surface area contributed by atoms with E-state index in [2.05, 4.69) is 67.8 Å². The molecule has 25 heavy (non-hydrogen) atoms. The molecule has 0 amide bonds. The van der Waals surface area contributed by atoms with Gasteiger partial charge in [0.05, 0.1) is 0 Å². The van der Waals surface area contributed by atoms with Gasteiger partial charge in [0.2, 0.25) is 16.7 Å². The molecular weight excluding hydrogens is 306 g/mol. The summed E-state index contributed by atoms with van der Waals surface area (Å²) in [5, 5.41) is 0. The van der Waals surface area contributed by atoms with Gasteiger partial charge in [-0.05, 0) is 56.5 Å². The maximum atomic E-state index is 6.23. The fourth-order valence-corrected chi connectivity index (χ4v) is 3.35. The number of anilines is 1. The molecule has 1 heterocycles. The molecule has 4 rings (SSSR count). The highest BCUT2D eigenvalue weighted by Crippen LogP contribution is 2.24. The van der Waals surface area contributed by atoms with Crippen molar-refractivity contribution >= 4 is 27.8 Å². The summed E-state index contributed by atoms with van der Waals surface area (Å²) in [5.41, 5.74) is 17.1. The third-order valence-electron chi connectivity index (χ3n) is 5.03. The van der Waals surface area contributed by atoms with Crippen LogP contribution in [0.4, 0.5) is 5.69 Å². The zero-order chi connectivity index (χ0) is 17.7. The Labute approximate surface area is 147 Å². The van der Waals surface area contributed by atoms with E-state index in [0.29, 0.717) is 0 Å². The standard InChI is InChI=1S/C22H21N3/c1-13-7-5-6-8-20(13)25-21-11-15(3)14(2)9-18(21)24-19-10-16(4)17(23)12-22(19)25/h5-12,23H,1-4H3/p+1. The number of rotatable bonds is 1. The average molecular weight is 328 g/mol. The van der Waals surface area contributed by atoms with Crippen LogP contribution in [0.15, 0.2) is 48.5 Å². The first-order valence-corrected chi connectivity index (χ1v) is 8.54. The fourth-order valence-electron chi connectivity index (χ4n) is 3.35. The van der Waals surface area contributed by atoms with Crippen LogP contribution in [-0.4, -0.2) is 4.98 Å². The van der Waals surface area contributed by atoms with Gasteiger partial charge in [-0.2, -0.15) is 0 Å². The summed E-state index contributed by atoms with van der Waals surface area (Å²) in [7, 11) is 0. The third kappa shape index (κ3) is 2.43. The predicted molar refractivity (Wildman–Crippen MR) is 104 cm³/mol. The maximum absolute atomic E-state index is 6.23. The van der Waals surface area contributed by atoms with Crippen LogP contribution in [0.25, 0.3) is 27.8 Å². The minimum absolute atomic E-state index is 0.791. The number of hydrogen-bond acceptors (Lipinski definition) is 2. The van der Waals surface area contributed by atoms with Crippen LogP contribution < -0.4 is 10.3 Å². The lowest BCUT2D eigenvalue weighted by molar-refractivity contribution is -0.538. The van der Waals surface area contributed by atoms with Gasteiger partial charge in [0.25, 0.3) is 0 Å². The molecular formula is C22H22N3+. The lowest BCUT2D eigenvalue weighted by Gasteiger charge is -2.10. The number of nitrogens with two attached hydrogens (primary N) is 1. The first kappa shape index (κ1) is 15.6. The molecule has 3 heteroatoms. The van der Waals surface area contributed by atoms with E-state index < -0.39 is 0 Å². The number of para-hydroxylation sites is 1. The molecule has 0 radical (unpaired) electrons. The predicted octanol–water partition coefficient (Wildman–Crippen LogP) is 4.48. The Hall–Kier alpha value is -2.94. The third-order valence-corrected chi connectivity index (χ3v) is 5.03. The summed E-state index contributed by atoms with van der Waals surface area (Å²) in [6.07, 6.45) is 0. The molecule has 0 fully saturated rings. The lowest BCUT2D eigenvalue weighted by atomic mass is 10.1. The Morgan fingerprint density at radius 3 is 2.04 bits per heavy atom. The first-order valence-electron chi connectivity index (χ1n) is 8.54. The van der Waals surface area contributed by atoms with E-state index in [0.717, 1.165) is 39.0 Å². The molecule has 0 bridgehead atoms. The average Bonchev–Trinajstić information content (AvgIpc) is 2.57. The minimum Gasteiger partial charge on any atom is -0.398 e. The minimum atomic E-state index is 0.791. The van der Waals surface area contributed by atoms with E-state index in [1.165, 1.54) is 16.7 Å². The second-order valence-electron chi connectivity index (χ2n) is 6.86. The molecule has 0 saturated heterocycles. The van der Waals surface area contributed by atoms with E-state index in [1.54, 1.807) is 0 Å². The van der Waals surface area contributed by atoms with Crippen molar-refractivity contribution in [2.75, 3.05) is 5.73 Å². The van der Waals surface area contributed by atoms with E-state index in [4.69, 9.17) is 10.7 Å². The fraction of sp³-hybridized carbons (Fsp3) is 0.182. The van der Waals surface area contributed by atoms with Crippen molar-refractivity contribution < 1.29 is 4.57 Å². The molecule has 0 spiro atoms. The number of aryl methyl sites for hydroxylation is 4. The van der Waals surface area contributed by atoms with Crippen molar-refractivity contribution in [2.45, 2.75) is 27.7 Å². The van der Waals surface area contributed by atoms with Crippen LogP contribution in [-0.2, 0) is 0 Å². The largest absolute Gasteiger partial charge is 0.398 e. The zero-order valence-corrected chi connectivity index (χ0v) is 15.1. The van der Waals surface area contributed by atoms with Crippen molar-refractivity contribution in [2.24, 2.45) is 0 Å². The normalized spacial score (nSPS) is 11.4. The van der Waals surface area contributed by atoms with Crippen LogP contribution in [0.3, 0.4) is 0 Å². The Morgan fingerprint density at radius 1 is 0.720 bits per heavy atom. The molecule has 0 saturated carbocycles. The van der Waals surface area contributed by atoms with Crippen LogP contribution in [0, 0.1) is 27.7 Å². The van der Waals surface area contributed by atoms with Gasteiger partial charge >= 0.3 is 0 Å². The Bertz CT molecular complexity index is 1080. The zero-order valence-electron chi connectivity index (χ0n) is 15.1. The van der Waals surface area contributed by atoms with Crippen LogP contribution >= 0.6 is 0 Å². The number of nitrogen functional groups attached to an aromatic ring is 1. The van der Waals surface area contributed by atoms with Crippen molar-refractivity contribution in [3.05, 3.63) is 70.8 Å². The van der Waals surface area contributed by atoms with Gasteiger partial charge in [0.1, 0.15) is 11.0 Å². The molecule has 0 aliphatic carbocycles. The summed E-state index contributed by atoms with van der Waals surface area (Å²) >= 11 is 0. The highest BCUT2D eigenvalue weighted by molar-refractivity contribution is 5.85. The highest BCUT2D eigenvalue weighted by atomic mass is 15.0. The number of nitrogens with zero attached hydrogens (tertiary/aromatic N) is 2. The summed E-state index contributed by atoms with van der Waals surface area (Å²) in [4.78, 5) is 4.92. The van der Waals surface area contributed by atoms with Gasteiger partial charge in [-0.15, -0.1) is 4.57 Å². The molecule has 124 valence electrons. The van der Waals surface area contributed by atoms with Crippen molar-refractivity contribution in [3.8, 4) is 5.69 Å². The van der Waals surface area contributed by atoms with Crippen molar-refractivity contribution in [3.63, 3.8) is 0 Å². The number of aromatic nitrogens is 2. The maximum Gasteiger partial charge on any atom is 0.239 e. The second-order valence-corrected chi connectivity index (χ2v) is 6.86. The molecule has 0 aliphatic rings. The van der Waals surface area contributed by atoms with E-state index >= 15 is 0 Å². The van der Waals surface area contributed by atoms with Crippen LogP contribution in [0.1, 0.15) is 22.3 Å². The summed E-state index contributed by atoms with van der Waals surface area (Å²) in [6, 6.07) is 16.9. The summed E-state index contributed by atoms with van der Waals surface area (Å²) in [6.45, 7) is 8.44. The molecule has 0 aliphatic heterocycles. The SMILES string of the molecule is Cc1cc2nc3cc(C)c(N)cc3[n+](-c3ccccc3C)c2cc1C. The van der Waals surface area contributed by atoms with E-state index in [9.17, 15) is 0 Å². The van der Waals surface area contributed by atoms with Crippen molar-refractivity contribution in [1.29, 1.82) is 0 Å². The number of fused-ring (bicyclic) bond motifs is 2. The van der Waals surface area contributed by atoms with Crippen LogP contribution in [0.5, 0.6) is 0 Å². The quantitative estimate of drug-likeness (QED) is 0.318. The molecule has 4 aromatic rings. The Morgan fingerprint density at radius 2 is 1.32 bits per heavy atom. The van der Waals surface area contributed by atoms with E-state index in [-0.39, 0.29) is 0 Å². The molecule has 0 unspecified atom stereocenters. The molecule has 2 N–H and O–H groups in total. The van der Waals surface area contributed by atoms with Gasteiger partial charge in [-0.3, -0.25) is 0 Å². The van der Waals surface area contributed by atoms with Crippen molar-refractivity contribution in [1.82, 2.24) is 4.98 Å². The number of benzene rings is 3. The summed E-state index contributed by atoms with van der Waals surface area (Å²) in [5.74, 6) is 0.